The molecule has 23 heavy (non-hydrogen) atoms. The van der Waals surface area contributed by atoms with Crippen LogP contribution in [0.2, 0.25) is 0 Å². The van der Waals surface area contributed by atoms with Gasteiger partial charge in [-0.1, -0.05) is 0 Å². The number of rotatable bonds is 2. The third-order valence-electron chi connectivity index (χ3n) is 7.44. The van der Waals surface area contributed by atoms with Crippen LogP contribution in [0.3, 0.4) is 0 Å². The molecule has 4 bridgehead atoms. The van der Waals surface area contributed by atoms with Crippen LogP contribution >= 0.6 is 0 Å². The summed E-state index contributed by atoms with van der Waals surface area (Å²) in [7, 11) is 0. The van der Waals surface area contributed by atoms with E-state index in [1.54, 1.807) is 4.90 Å². The molecule has 5 saturated carbocycles. The molecule has 5 aliphatic carbocycles. The number of likely N-dealkylation sites (tertiary alicyclic amines) is 1. The Bertz CT molecular complexity index is 600. The summed E-state index contributed by atoms with van der Waals surface area (Å²) >= 11 is 0. The lowest BCUT2D eigenvalue weighted by Gasteiger charge is -2.60. The normalized spacial score (nSPS) is 53.8. The van der Waals surface area contributed by atoms with Gasteiger partial charge in [-0.3, -0.25) is 14.5 Å². The zero-order valence-corrected chi connectivity index (χ0v) is 13.4. The quantitative estimate of drug-likeness (QED) is 0.796. The molecule has 2 unspecified atom stereocenters. The van der Waals surface area contributed by atoms with Crippen LogP contribution in [0.5, 0.6) is 0 Å². The highest BCUT2D eigenvalue weighted by atomic mass is 19.1. The van der Waals surface area contributed by atoms with E-state index < -0.39 is 11.7 Å². The third kappa shape index (κ3) is 1.88. The average Bonchev–Trinajstić information content (AvgIpc) is 3.14. The molecule has 1 saturated heterocycles. The Hall–Kier alpha value is -1.15. The number of hydrogen-bond acceptors (Lipinski definition) is 2. The zero-order valence-electron chi connectivity index (χ0n) is 13.4. The number of hydrogen-bond donors (Lipinski definition) is 1. The van der Waals surface area contributed by atoms with Gasteiger partial charge < -0.3 is 5.73 Å². The van der Waals surface area contributed by atoms with Crippen molar-refractivity contribution >= 4 is 5.91 Å². The van der Waals surface area contributed by atoms with Gasteiger partial charge in [0.05, 0.1) is 6.04 Å². The van der Waals surface area contributed by atoms with Gasteiger partial charge in [0.1, 0.15) is 5.67 Å². The van der Waals surface area contributed by atoms with E-state index in [9.17, 15) is 4.79 Å². The summed E-state index contributed by atoms with van der Waals surface area (Å²) in [6, 6.07) is -0.381. The Balaban J connectivity index is 1.43. The maximum atomic E-state index is 15.1. The lowest BCUT2D eigenvalue weighted by atomic mass is 9.46. The fraction of sp³-hybridized carbons (Fsp3) is 0.889. The van der Waals surface area contributed by atoms with Crippen molar-refractivity contribution in [3.05, 3.63) is 11.4 Å². The molecule has 6 aliphatic rings. The van der Waals surface area contributed by atoms with Gasteiger partial charge in [0.2, 0.25) is 5.91 Å². The van der Waals surface area contributed by atoms with E-state index in [0.717, 1.165) is 32.1 Å². The largest absolute Gasteiger partial charge is 0.319 e. The van der Waals surface area contributed by atoms with Crippen LogP contribution in [0.4, 0.5) is 4.39 Å². The van der Waals surface area contributed by atoms with E-state index in [1.165, 1.54) is 0 Å². The summed E-state index contributed by atoms with van der Waals surface area (Å²) in [4.78, 5) is 18.5. The Labute approximate surface area is 136 Å². The van der Waals surface area contributed by atoms with Gasteiger partial charge in [-0.25, -0.2) is 11.0 Å². The summed E-state index contributed by atoms with van der Waals surface area (Å²) in [5.74, 6) is 1.25. The molecule has 0 spiro atoms. The topological polar surface area (TPSA) is 50.7 Å². The fourth-order valence-corrected chi connectivity index (χ4v) is 6.86. The van der Waals surface area contributed by atoms with Crippen LogP contribution in [-0.4, -0.2) is 34.7 Å². The number of fused-ring (bicyclic) bond motifs is 1. The molecular formula is C18H24FN3O. The van der Waals surface area contributed by atoms with Crippen molar-refractivity contribution in [2.75, 3.05) is 0 Å². The fourth-order valence-electron chi connectivity index (χ4n) is 6.86. The Morgan fingerprint density at radius 2 is 1.91 bits per heavy atom. The van der Waals surface area contributed by atoms with E-state index in [4.69, 9.17) is 12.3 Å². The van der Waals surface area contributed by atoms with Crippen LogP contribution in [0.1, 0.15) is 51.4 Å². The van der Waals surface area contributed by atoms with E-state index in [-0.39, 0.29) is 23.5 Å². The van der Waals surface area contributed by atoms with Gasteiger partial charge >= 0.3 is 6.17 Å². The second-order valence-electron chi connectivity index (χ2n) is 9.11. The average molecular weight is 317 g/mol. The maximum absolute atomic E-state index is 15.1. The Kier molecular flexibility index (Phi) is 2.64. The molecule has 6 atom stereocenters. The minimum atomic E-state index is -1.09. The smallest absolute Gasteiger partial charge is 0.301 e. The first kappa shape index (κ1) is 14.2. The predicted octanol–water partition coefficient (Wildman–Crippen LogP) is 2.49. The van der Waals surface area contributed by atoms with Crippen molar-refractivity contribution < 1.29 is 9.18 Å². The highest BCUT2D eigenvalue weighted by molar-refractivity contribution is 5.84. The van der Waals surface area contributed by atoms with Crippen molar-refractivity contribution in [3.63, 3.8) is 0 Å². The van der Waals surface area contributed by atoms with Crippen molar-refractivity contribution in [1.29, 1.82) is 0 Å². The predicted molar refractivity (Wildman–Crippen MR) is 82.7 cm³/mol. The molecule has 1 aliphatic heterocycles. The number of halogens is 1. The third-order valence-corrected chi connectivity index (χ3v) is 7.44. The lowest BCUT2D eigenvalue weighted by Crippen LogP contribution is -2.63. The van der Waals surface area contributed by atoms with E-state index >= 15 is 4.39 Å². The molecule has 1 heterocycles. The number of piperidine rings is 1. The van der Waals surface area contributed by atoms with Crippen LogP contribution in [-0.2, 0) is 4.79 Å². The minimum Gasteiger partial charge on any atom is -0.319 e. The number of alkyl halides is 1. The number of nitrogens with two attached hydrogens (primary N) is 1. The Morgan fingerprint density at radius 1 is 1.22 bits per heavy atom. The molecule has 6 fully saturated rings. The molecule has 124 valence electrons. The molecule has 4 nitrogen and oxygen atoms in total. The molecule has 0 aromatic heterocycles. The van der Waals surface area contributed by atoms with Gasteiger partial charge in [0.25, 0.3) is 0 Å². The first-order chi connectivity index (χ1) is 10.9. The van der Waals surface area contributed by atoms with Crippen molar-refractivity contribution in [1.82, 2.24) is 4.90 Å². The summed E-state index contributed by atoms with van der Waals surface area (Å²) in [6.45, 7) is 7.36. The minimum absolute atomic E-state index is 0.0680. The molecule has 0 aromatic rings. The number of nitrogens with zero attached hydrogens (tertiary/aromatic N) is 2. The van der Waals surface area contributed by atoms with Gasteiger partial charge in [-0.05, 0) is 68.1 Å². The van der Waals surface area contributed by atoms with Crippen molar-refractivity contribution in [3.8, 4) is 0 Å². The van der Waals surface area contributed by atoms with Crippen molar-refractivity contribution in [2.45, 2.75) is 75.3 Å². The summed E-state index contributed by atoms with van der Waals surface area (Å²) in [6.07, 6.45) is 6.24. The monoisotopic (exact) mass is 317 g/mol. The second-order valence-corrected chi connectivity index (χ2v) is 9.11. The lowest BCUT2D eigenvalue weighted by molar-refractivity contribution is -0.156. The van der Waals surface area contributed by atoms with Gasteiger partial charge in [-0.15, -0.1) is 0 Å². The van der Waals surface area contributed by atoms with E-state index in [0.29, 0.717) is 37.0 Å². The number of carbonyl (C=O) groups is 1. The highest BCUT2D eigenvalue weighted by Crippen LogP contribution is 2.64. The first-order valence-electron chi connectivity index (χ1n) is 9.06. The van der Waals surface area contributed by atoms with Gasteiger partial charge in [0.15, 0.2) is 0 Å². The van der Waals surface area contributed by atoms with Crippen molar-refractivity contribution in [2.24, 2.45) is 28.9 Å². The number of carbonyl (C=O) groups excluding carboxylic acids is 1. The number of amides is 1. The zero-order chi connectivity index (χ0) is 16.0. The van der Waals surface area contributed by atoms with Gasteiger partial charge in [-0.2, -0.15) is 0 Å². The first-order valence-corrected chi connectivity index (χ1v) is 9.06. The standard InChI is InChI=1S/C18H24FN3O/c1-21-14-4-12-3-13(12)22(14)16(23)15(20)17-5-10-2-11(6-17)8-18(19,7-10)9-17/h10-15H,2-9,20H2/t10?,11?,12-,13-,14-,15+,17?,18?/m0/s1. The SMILES string of the molecule is [C-]#[N+][C@@H]1C[C@@H]2C[C@@H]2N1C(=O)[C@@H](N)C12CC3CC(CC(F)(C3)C1)C2. The van der Waals surface area contributed by atoms with E-state index in [1.807, 2.05) is 0 Å². The van der Waals surface area contributed by atoms with Crippen LogP contribution in [0.25, 0.3) is 4.85 Å². The molecule has 1 amide bonds. The molecule has 5 heteroatoms. The molecule has 6 rings (SSSR count). The molecule has 2 N–H and O–H groups in total. The van der Waals surface area contributed by atoms with Crippen LogP contribution in [0.15, 0.2) is 0 Å². The molecule has 0 aromatic carbocycles. The highest BCUT2D eigenvalue weighted by Gasteiger charge is 2.64. The molecular weight excluding hydrogens is 293 g/mol. The van der Waals surface area contributed by atoms with Gasteiger partial charge in [0, 0.05) is 12.5 Å². The maximum Gasteiger partial charge on any atom is 0.301 e. The van der Waals surface area contributed by atoms with Crippen LogP contribution < -0.4 is 5.73 Å². The Morgan fingerprint density at radius 3 is 2.52 bits per heavy atom. The summed E-state index contributed by atoms with van der Waals surface area (Å²) in [5.41, 5.74) is 5.05. The molecule has 0 radical (unpaired) electrons. The second kappa shape index (κ2) is 4.27. The summed E-state index contributed by atoms with van der Waals surface area (Å²) in [5, 5.41) is 0. The van der Waals surface area contributed by atoms with Crippen LogP contribution in [0, 0.1) is 29.7 Å². The summed E-state index contributed by atoms with van der Waals surface area (Å²) < 4.78 is 15.1. The van der Waals surface area contributed by atoms with E-state index in [2.05, 4.69) is 4.85 Å².